The molecular formula is C11H15ClN2OS. The number of thiocarbonyl (C=S) groups is 1. The van der Waals surface area contributed by atoms with Gasteiger partial charge >= 0.3 is 0 Å². The summed E-state index contributed by atoms with van der Waals surface area (Å²) in [7, 11) is 0. The van der Waals surface area contributed by atoms with Crippen LogP contribution in [-0.2, 0) is 0 Å². The van der Waals surface area contributed by atoms with E-state index in [-0.39, 0.29) is 0 Å². The zero-order chi connectivity index (χ0) is 12.1. The molecule has 0 aliphatic rings. The predicted molar refractivity (Wildman–Crippen MR) is 72.0 cm³/mol. The maximum absolute atomic E-state index is 5.86. The third-order valence-corrected chi connectivity index (χ3v) is 2.68. The number of ether oxygens (including phenoxy) is 1. The molecule has 0 spiro atoms. The van der Waals surface area contributed by atoms with E-state index in [1.807, 2.05) is 18.7 Å². The van der Waals surface area contributed by atoms with Gasteiger partial charge in [0.05, 0.1) is 0 Å². The second-order valence-corrected chi connectivity index (χ2v) is 4.05. The van der Waals surface area contributed by atoms with Crippen LogP contribution >= 0.6 is 23.8 Å². The second kappa shape index (κ2) is 5.92. The Hall–Kier alpha value is -1.00. The standard InChI is InChI=1S/C11H15ClN2OS/c1-3-14(4-2)11(16)15-10-6-8(12)5-9(13)7-10/h5-7H,3-4,13H2,1-2H3. The normalized spacial score (nSPS) is 9.94. The van der Waals surface area contributed by atoms with Crippen LogP contribution in [-0.4, -0.2) is 23.2 Å². The third kappa shape index (κ3) is 3.54. The van der Waals surface area contributed by atoms with E-state index in [0.717, 1.165) is 13.1 Å². The first-order valence-electron chi connectivity index (χ1n) is 5.09. The van der Waals surface area contributed by atoms with Gasteiger partial charge in [0, 0.05) is 29.9 Å². The minimum atomic E-state index is 0.437. The highest BCUT2D eigenvalue weighted by atomic mass is 35.5. The molecule has 3 nitrogen and oxygen atoms in total. The predicted octanol–water partition coefficient (Wildman–Crippen LogP) is 2.93. The summed E-state index contributed by atoms with van der Waals surface area (Å²) in [6.07, 6.45) is 0. The van der Waals surface area contributed by atoms with Gasteiger partial charge in [-0.25, -0.2) is 0 Å². The van der Waals surface area contributed by atoms with Gasteiger partial charge in [-0.1, -0.05) is 11.6 Å². The van der Waals surface area contributed by atoms with Gasteiger partial charge in [-0.3, -0.25) is 0 Å². The number of nitrogen functional groups attached to an aromatic ring is 1. The maximum Gasteiger partial charge on any atom is 0.264 e. The van der Waals surface area contributed by atoms with Crippen molar-refractivity contribution in [2.75, 3.05) is 18.8 Å². The summed E-state index contributed by atoms with van der Waals surface area (Å²) < 4.78 is 5.51. The summed E-state index contributed by atoms with van der Waals surface area (Å²) in [5, 5.41) is 0.976. The molecule has 0 bridgehead atoms. The van der Waals surface area contributed by atoms with E-state index < -0.39 is 0 Å². The van der Waals surface area contributed by atoms with Crippen LogP contribution < -0.4 is 10.5 Å². The maximum atomic E-state index is 5.86. The van der Waals surface area contributed by atoms with Crippen molar-refractivity contribution in [2.24, 2.45) is 0 Å². The SMILES string of the molecule is CCN(CC)C(=S)Oc1cc(N)cc(Cl)c1. The molecule has 0 atom stereocenters. The van der Waals surface area contributed by atoms with Gasteiger partial charge < -0.3 is 15.4 Å². The van der Waals surface area contributed by atoms with E-state index in [2.05, 4.69) is 0 Å². The Morgan fingerprint density at radius 3 is 2.50 bits per heavy atom. The van der Waals surface area contributed by atoms with Crippen LogP contribution in [0.4, 0.5) is 5.69 Å². The van der Waals surface area contributed by atoms with E-state index >= 15 is 0 Å². The topological polar surface area (TPSA) is 38.5 Å². The molecule has 16 heavy (non-hydrogen) atoms. The highest BCUT2D eigenvalue weighted by Gasteiger charge is 2.08. The zero-order valence-corrected chi connectivity index (χ0v) is 10.9. The van der Waals surface area contributed by atoms with Crippen LogP contribution in [0.15, 0.2) is 18.2 Å². The zero-order valence-electron chi connectivity index (χ0n) is 9.37. The van der Waals surface area contributed by atoms with Gasteiger partial charge in [0.1, 0.15) is 5.75 Å². The summed E-state index contributed by atoms with van der Waals surface area (Å²) >= 11 is 11.0. The van der Waals surface area contributed by atoms with E-state index in [1.54, 1.807) is 18.2 Å². The van der Waals surface area contributed by atoms with Crippen molar-refractivity contribution < 1.29 is 4.74 Å². The third-order valence-electron chi connectivity index (χ3n) is 2.12. The van der Waals surface area contributed by atoms with E-state index in [4.69, 9.17) is 34.3 Å². The molecule has 0 aromatic heterocycles. The number of halogens is 1. The number of nitrogens with two attached hydrogens (primary N) is 1. The Kier molecular flexibility index (Phi) is 4.83. The molecule has 0 heterocycles. The molecule has 0 saturated heterocycles. The fourth-order valence-electron chi connectivity index (χ4n) is 1.29. The first-order valence-corrected chi connectivity index (χ1v) is 5.88. The lowest BCUT2D eigenvalue weighted by atomic mass is 10.3. The number of benzene rings is 1. The van der Waals surface area contributed by atoms with Crippen LogP contribution in [0.5, 0.6) is 5.75 Å². The van der Waals surface area contributed by atoms with Crippen molar-refractivity contribution in [1.29, 1.82) is 0 Å². The molecule has 0 aliphatic carbocycles. The van der Waals surface area contributed by atoms with Crippen molar-refractivity contribution in [1.82, 2.24) is 4.90 Å². The largest absolute Gasteiger partial charge is 0.432 e. The summed E-state index contributed by atoms with van der Waals surface area (Å²) in [6.45, 7) is 5.66. The molecule has 0 aliphatic heterocycles. The Balaban J connectivity index is 2.76. The summed E-state index contributed by atoms with van der Waals surface area (Å²) in [5.74, 6) is 0.571. The lowest BCUT2D eigenvalue weighted by Crippen LogP contribution is -2.32. The van der Waals surface area contributed by atoms with Crippen LogP contribution in [0.2, 0.25) is 5.02 Å². The molecule has 1 aromatic carbocycles. The van der Waals surface area contributed by atoms with E-state index in [9.17, 15) is 0 Å². The average molecular weight is 259 g/mol. The Labute approximate surface area is 106 Å². The van der Waals surface area contributed by atoms with Crippen molar-refractivity contribution in [3.63, 3.8) is 0 Å². The minimum Gasteiger partial charge on any atom is -0.432 e. The van der Waals surface area contributed by atoms with E-state index in [1.165, 1.54) is 0 Å². The average Bonchev–Trinajstić information content (AvgIpc) is 2.17. The van der Waals surface area contributed by atoms with Crippen molar-refractivity contribution in [2.45, 2.75) is 13.8 Å². The first-order chi connectivity index (χ1) is 7.56. The second-order valence-electron chi connectivity index (χ2n) is 3.26. The molecule has 0 unspecified atom stereocenters. The summed E-state index contributed by atoms with van der Waals surface area (Å²) in [5.41, 5.74) is 6.21. The quantitative estimate of drug-likeness (QED) is 0.668. The molecule has 0 radical (unpaired) electrons. The fraction of sp³-hybridized carbons (Fsp3) is 0.364. The van der Waals surface area contributed by atoms with E-state index in [0.29, 0.717) is 21.6 Å². The minimum absolute atomic E-state index is 0.437. The van der Waals surface area contributed by atoms with Gasteiger partial charge in [0.15, 0.2) is 0 Å². The van der Waals surface area contributed by atoms with Crippen molar-refractivity contribution in [3.8, 4) is 5.75 Å². The molecule has 1 rings (SSSR count). The van der Waals surface area contributed by atoms with Crippen LogP contribution in [0.25, 0.3) is 0 Å². The smallest absolute Gasteiger partial charge is 0.264 e. The van der Waals surface area contributed by atoms with Crippen LogP contribution in [0, 0.1) is 0 Å². The Morgan fingerprint density at radius 2 is 2.00 bits per heavy atom. The Bertz CT molecular complexity index is 360. The summed E-state index contributed by atoms with van der Waals surface area (Å²) in [6, 6.07) is 5.05. The highest BCUT2D eigenvalue weighted by Crippen LogP contribution is 2.22. The molecule has 88 valence electrons. The van der Waals surface area contributed by atoms with Crippen molar-refractivity contribution in [3.05, 3.63) is 23.2 Å². The number of hydrogen-bond donors (Lipinski definition) is 1. The molecule has 2 N–H and O–H groups in total. The molecule has 0 saturated carbocycles. The number of anilines is 1. The summed E-state index contributed by atoms with van der Waals surface area (Å²) in [4.78, 5) is 1.94. The highest BCUT2D eigenvalue weighted by molar-refractivity contribution is 7.80. The monoisotopic (exact) mass is 258 g/mol. The molecular weight excluding hydrogens is 244 g/mol. The lowest BCUT2D eigenvalue weighted by molar-refractivity contribution is 0.379. The van der Waals surface area contributed by atoms with Gasteiger partial charge in [-0.05, 0) is 38.2 Å². The molecule has 5 heteroatoms. The van der Waals surface area contributed by atoms with Crippen molar-refractivity contribution >= 4 is 34.7 Å². The van der Waals surface area contributed by atoms with Gasteiger partial charge in [0.2, 0.25) is 0 Å². The Morgan fingerprint density at radius 1 is 1.38 bits per heavy atom. The van der Waals surface area contributed by atoms with Crippen LogP contribution in [0.1, 0.15) is 13.8 Å². The first kappa shape index (κ1) is 13.1. The number of hydrogen-bond acceptors (Lipinski definition) is 3. The molecule has 0 fully saturated rings. The van der Waals surface area contributed by atoms with Gasteiger partial charge in [-0.2, -0.15) is 0 Å². The van der Waals surface area contributed by atoms with Gasteiger partial charge in [-0.15, -0.1) is 0 Å². The fourth-order valence-corrected chi connectivity index (χ4v) is 1.88. The number of rotatable bonds is 3. The van der Waals surface area contributed by atoms with Gasteiger partial charge in [0.25, 0.3) is 5.17 Å². The number of nitrogens with zero attached hydrogens (tertiary/aromatic N) is 1. The molecule has 1 aromatic rings. The van der Waals surface area contributed by atoms with Crippen LogP contribution in [0.3, 0.4) is 0 Å². The molecule has 0 amide bonds. The lowest BCUT2D eigenvalue weighted by Gasteiger charge is -2.21.